The summed E-state index contributed by atoms with van der Waals surface area (Å²) in [5, 5.41) is 2.65. The average Bonchev–Trinajstić information content (AvgIpc) is 3.12. The van der Waals surface area contributed by atoms with E-state index in [-0.39, 0.29) is 0 Å². The molecule has 3 heteroatoms. The molecule has 1 saturated carbocycles. The predicted octanol–water partition coefficient (Wildman–Crippen LogP) is 6.17. The van der Waals surface area contributed by atoms with Crippen molar-refractivity contribution >= 4 is 39.2 Å². The van der Waals surface area contributed by atoms with Crippen LogP contribution >= 0.6 is 0 Å². The largest absolute Gasteiger partial charge is 0.349 e. The Balaban J connectivity index is 1.55. The van der Waals surface area contributed by atoms with E-state index in [0.717, 1.165) is 6.67 Å². The zero-order chi connectivity index (χ0) is 18.0. The van der Waals surface area contributed by atoms with Crippen molar-refractivity contribution < 1.29 is 0 Å². The van der Waals surface area contributed by atoms with Crippen LogP contribution in [0.15, 0.2) is 54.6 Å². The van der Waals surface area contributed by atoms with E-state index in [0.29, 0.717) is 6.04 Å². The predicted molar refractivity (Wildman–Crippen MR) is 115 cm³/mol. The van der Waals surface area contributed by atoms with Gasteiger partial charge in [0.2, 0.25) is 0 Å². The van der Waals surface area contributed by atoms with Crippen molar-refractivity contribution in [2.24, 2.45) is 0 Å². The van der Waals surface area contributed by atoms with Crippen LogP contribution in [0.3, 0.4) is 0 Å². The van der Waals surface area contributed by atoms with Gasteiger partial charge in [0.15, 0.2) is 0 Å². The molecule has 0 saturated heterocycles. The van der Waals surface area contributed by atoms with E-state index in [2.05, 4.69) is 76.3 Å². The van der Waals surface area contributed by atoms with Gasteiger partial charge in [0, 0.05) is 18.5 Å². The minimum atomic E-state index is 0.685. The molecular weight excluding hydrogens is 330 g/mol. The molecule has 3 aliphatic rings. The molecule has 1 fully saturated rings. The highest BCUT2D eigenvalue weighted by molar-refractivity contribution is 6.10. The van der Waals surface area contributed by atoms with Gasteiger partial charge in [0.05, 0.1) is 35.1 Å². The first-order chi connectivity index (χ1) is 13.3. The van der Waals surface area contributed by atoms with Crippen molar-refractivity contribution in [2.75, 3.05) is 28.4 Å². The highest BCUT2D eigenvalue weighted by Gasteiger charge is 2.39. The van der Waals surface area contributed by atoms with Crippen LogP contribution in [0.4, 0.5) is 28.4 Å². The number of para-hydroxylation sites is 1. The van der Waals surface area contributed by atoms with Crippen LogP contribution in [-0.4, -0.2) is 19.8 Å². The third kappa shape index (κ3) is 2.08. The summed E-state index contributed by atoms with van der Waals surface area (Å²) in [6.07, 6.45) is 6.81. The van der Waals surface area contributed by atoms with Crippen molar-refractivity contribution in [2.45, 2.75) is 38.1 Å². The van der Waals surface area contributed by atoms with Gasteiger partial charge in [0.1, 0.15) is 0 Å². The Kier molecular flexibility index (Phi) is 3.22. The normalized spacial score (nSPS) is 18.8. The molecule has 0 atom stereocenters. The van der Waals surface area contributed by atoms with Gasteiger partial charge in [0.25, 0.3) is 0 Å². The first-order valence-electron chi connectivity index (χ1n) is 10.3. The molecule has 27 heavy (non-hydrogen) atoms. The second-order valence-corrected chi connectivity index (χ2v) is 8.19. The lowest BCUT2D eigenvalue weighted by Gasteiger charge is -2.36. The van der Waals surface area contributed by atoms with Crippen molar-refractivity contribution in [3.05, 3.63) is 54.6 Å². The third-order valence-corrected chi connectivity index (χ3v) is 6.75. The van der Waals surface area contributed by atoms with E-state index in [1.807, 2.05) is 0 Å². The Morgan fingerprint density at radius 1 is 0.741 bits per heavy atom. The Bertz CT molecular complexity index is 1030. The fourth-order valence-electron chi connectivity index (χ4n) is 5.43. The van der Waals surface area contributed by atoms with E-state index in [9.17, 15) is 0 Å². The summed E-state index contributed by atoms with van der Waals surface area (Å²) in [4.78, 5) is 7.63. The zero-order valence-corrected chi connectivity index (χ0v) is 15.9. The van der Waals surface area contributed by atoms with Crippen molar-refractivity contribution in [1.82, 2.24) is 0 Å². The number of anilines is 5. The van der Waals surface area contributed by atoms with Crippen LogP contribution in [0.5, 0.6) is 0 Å². The average molecular weight is 355 g/mol. The van der Waals surface area contributed by atoms with Gasteiger partial charge in [-0.05, 0) is 36.4 Å². The first-order valence-corrected chi connectivity index (χ1v) is 10.3. The van der Waals surface area contributed by atoms with Crippen LogP contribution in [-0.2, 0) is 0 Å². The molecule has 0 amide bonds. The van der Waals surface area contributed by atoms with Crippen LogP contribution in [0.25, 0.3) is 10.8 Å². The molecule has 0 bridgehead atoms. The molecule has 136 valence electrons. The molecule has 1 aliphatic carbocycles. The van der Waals surface area contributed by atoms with Crippen LogP contribution < -0.4 is 14.7 Å². The second-order valence-electron chi connectivity index (χ2n) is 8.19. The minimum absolute atomic E-state index is 0.685. The summed E-state index contributed by atoms with van der Waals surface area (Å²) in [5.74, 6) is 0. The topological polar surface area (TPSA) is 9.72 Å². The van der Waals surface area contributed by atoms with Crippen molar-refractivity contribution in [3.63, 3.8) is 0 Å². The molecule has 0 spiro atoms. The number of fused-ring (bicyclic) bond motifs is 4. The van der Waals surface area contributed by atoms with Crippen LogP contribution in [0.1, 0.15) is 32.1 Å². The van der Waals surface area contributed by atoms with Crippen LogP contribution in [0, 0.1) is 0 Å². The van der Waals surface area contributed by atoms with Gasteiger partial charge >= 0.3 is 0 Å². The Morgan fingerprint density at radius 2 is 1.56 bits per heavy atom. The molecule has 3 nitrogen and oxygen atoms in total. The highest BCUT2D eigenvalue weighted by Crippen LogP contribution is 2.56. The van der Waals surface area contributed by atoms with Gasteiger partial charge in [-0.25, -0.2) is 0 Å². The summed E-state index contributed by atoms with van der Waals surface area (Å²) in [6.45, 7) is 0.982. The standard InChI is InChI=1S/C24H25N3/c1-25-20-12-7-13-21-24(20)27(16-26(21)18-9-3-2-4-10-18)22-15-14-17-8-5-6-11-19(17)23(22)25/h5-8,11-15,18H,2-4,9-10,16H2,1H3. The van der Waals surface area contributed by atoms with Gasteiger partial charge in [-0.2, -0.15) is 0 Å². The van der Waals surface area contributed by atoms with Gasteiger partial charge in [-0.1, -0.05) is 55.7 Å². The maximum Gasteiger partial charge on any atom is 0.0957 e. The molecule has 2 aliphatic heterocycles. The van der Waals surface area contributed by atoms with E-state index in [4.69, 9.17) is 0 Å². The highest BCUT2D eigenvalue weighted by atomic mass is 15.4. The second kappa shape index (κ2) is 5.66. The summed E-state index contributed by atoms with van der Waals surface area (Å²) in [6, 6.07) is 20.9. The molecule has 0 aromatic heterocycles. The maximum atomic E-state index is 2.68. The first kappa shape index (κ1) is 15.4. The third-order valence-electron chi connectivity index (χ3n) is 6.75. The van der Waals surface area contributed by atoms with Gasteiger partial charge in [-0.3, -0.25) is 0 Å². The summed E-state index contributed by atoms with van der Waals surface area (Å²) >= 11 is 0. The Labute approximate surface area is 160 Å². The summed E-state index contributed by atoms with van der Waals surface area (Å²) in [7, 11) is 2.22. The fourth-order valence-corrected chi connectivity index (χ4v) is 5.43. The van der Waals surface area contributed by atoms with Crippen LogP contribution in [0.2, 0.25) is 0 Å². The molecule has 0 unspecified atom stereocenters. The summed E-state index contributed by atoms with van der Waals surface area (Å²) in [5.41, 5.74) is 6.82. The van der Waals surface area contributed by atoms with E-state index >= 15 is 0 Å². The number of nitrogens with zero attached hydrogens (tertiary/aromatic N) is 3. The van der Waals surface area contributed by atoms with Gasteiger partial charge in [-0.15, -0.1) is 0 Å². The van der Waals surface area contributed by atoms with Gasteiger partial charge < -0.3 is 14.7 Å². The number of hydrogen-bond donors (Lipinski definition) is 0. The lowest BCUT2D eigenvalue weighted by atomic mass is 9.94. The minimum Gasteiger partial charge on any atom is -0.349 e. The van der Waals surface area contributed by atoms with E-state index in [1.54, 1.807) is 0 Å². The number of rotatable bonds is 1. The summed E-state index contributed by atoms with van der Waals surface area (Å²) < 4.78 is 0. The van der Waals surface area contributed by atoms with E-state index < -0.39 is 0 Å². The molecule has 2 heterocycles. The quantitative estimate of drug-likeness (QED) is 0.517. The number of hydrogen-bond acceptors (Lipinski definition) is 3. The smallest absolute Gasteiger partial charge is 0.0957 e. The fraction of sp³-hybridized carbons (Fsp3) is 0.333. The maximum absolute atomic E-state index is 2.68. The molecule has 6 rings (SSSR count). The zero-order valence-electron chi connectivity index (χ0n) is 15.9. The molecule has 0 radical (unpaired) electrons. The Morgan fingerprint density at radius 3 is 2.44 bits per heavy atom. The van der Waals surface area contributed by atoms with Crippen molar-refractivity contribution in [1.29, 1.82) is 0 Å². The lowest BCUT2D eigenvalue weighted by Crippen LogP contribution is -2.39. The SMILES string of the molecule is CN1c2cccc3c2N(CN3C2CCCCC2)c2ccc3ccccc3c21. The van der Waals surface area contributed by atoms with Crippen molar-refractivity contribution in [3.8, 4) is 0 Å². The molecule has 3 aromatic rings. The molecule has 3 aromatic carbocycles. The monoisotopic (exact) mass is 355 g/mol. The number of benzene rings is 3. The Hall–Kier alpha value is -2.68. The molecular formula is C24H25N3. The lowest BCUT2D eigenvalue weighted by molar-refractivity contribution is 0.420. The molecule has 0 N–H and O–H groups in total. The van der Waals surface area contributed by atoms with E-state index in [1.165, 1.54) is 71.3 Å².